The van der Waals surface area contributed by atoms with Gasteiger partial charge in [0.05, 0.1) is 9.79 Å². The van der Waals surface area contributed by atoms with Gasteiger partial charge in [-0.1, -0.05) is 6.92 Å². The maximum Gasteiger partial charge on any atom is 0.243 e. The Bertz CT molecular complexity index is 779. The van der Waals surface area contributed by atoms with Gasteiger partial charge < -0.3 is 5.73 Å². The topological polar surface area (TPSA) is 101 Å². The van der Waals surface area contributed by atoms with Crippen molar-refractivity contribution in [1.29, 1.82) is 0 Å². The quantitative estimate of drug-likeness (QED) is 0.788. The predicted molar refractivity (Wildman–Crippen MR) is 95.1 cm³/mol. The van der Waals surface area contributed by atoms with Crippen LogP contribution in [-0.2, 0) is 20.0 Å². The third-order valence-corrected chi connectivity index (χ3v) is 7.94. The van der Waals surface area contributed by atoms with Gasteiger partial charge in [0.1, 0.15) is 0 Å². The zero-order valence-electron chi connectivity index (χ0n) is 14.0. The minimum atomic E-state index is -3.63. The molecule has 1 heterocycles. The van der Waals surface area contributed by atoms with E-state index in [0.29, 0.717) is 19.6 Å². The number of rotatable bonds is 5. The molecule has 24 heavy (non-hydrogen) atoms. The Balaban J connectivity index is 0.00000288. The van der Waals surface area contributed by atoms with Gasteiger partial charge in [0, 0.05) is 27.2 Å². The lowest BCUT2D eigenvalue weighted by Gasteiger charge is -2.22. The lowest BCUT2D eigenvalue weighted by Crippen LogP contribution is -2.34. The zero-order valence-corrected chi connectivity index (χ0v) is 16.4. The van der Waals surface area contributed by atoms with Crippen LogP contribution in [0.5, 0.6) is 0 Å². The summed E-state index contributed by atoms with van der Waals surface area (Å²) in [5, 5.41) is 0. The van der Waals surface area contributed by atoms with E-state index in [4.69, 9.17) is 5.73 Å². The van der Waals surface area contributed by atoms with Crippen LogP contribution in [0.3, 0.4) is 0 Å². The molecule has 0 aromatic heterocycles. The van der Waals surface area contributed by atoms with Gasteiger partial charge in [0.15, 0.2) is 0 Å². The number of halogens is 1. The summed E-state index contributed by atoms with van der Waals surface area (Å²) in [5.74, 6) is 0. The van der Waals surface area contributed by atoms with Gasteiger partial charge in [-0.05, 0) is 42.6 Å². The monoisotopic (exact) mass is 397 g/mol. The van der Waals surface area contributed by atoms with E-state index in [1.807, 2.05) is 6.92 Å². The normalized spacial score (nSPS) is 22.5. The molecule has 0 radical (unpaired) electrons. The maximum atomic E-state index is 12.7. The van der Waals surface area contributed by atoms with Crippen LogP contribution in [-0.4, -0.2) is 59.2 Å². The summed E-state index contributed by atoms with van der Waals surface area (Å²) in [6, 6.07) is 5.31. The van der Waals surface area contributed by atoms with Crippen LogP contribution in [0.15, 0.2) is 34.1 Å². The van der Waals surface area contributed by atoms with E-state index in [1.165, 1.54) is 42.7 Å². The summed E-state index contributed by atoms with van der Waals surface area (Å²) in [7, 11) is -4.35. The molecule has 1 aliphatic rings. The first-order chi connectivity index (χ1) is 10.5. The van der Waals surface area contributed by atoms with Crippen molar-refractivity contribution in [2.24, 2.45) is 11.1 Å². The summed E-state index contributed by atoms with van der Waals surface area (Å²) >= 11 is 0. The lowest BCUT2D eigenvalue weighted by molar-refractivity contribution is 0.349. The molecular weight excluding hydrogens is 374 g/mol. The Morgan fingerprint density at radius 3 is 2.04 bits per heavy atom. The number of hydrogen-bond acceptors (Lipinski definition) is 5. The highest BCUT2D eigenvalue weighted by molar-refractivity contribution is 7.89. The molecular formula is C14H24ClN3O4S2. The fourth-order valence-electron chi connectivity index (χ4n) is 2.49. The average Bonchev–Trinajstić information content (AvgIpc) is 2.91. The van der Waals surface area contributed by atoms with Gasteiger partial charge >= 0.3 is 0 Å². The molecule has 1 aromatic carbocycles. The van der Waals surface area contributed by atoms with Gasteiger partial charge in [-0.2, -0.15) is 4.31 Å². The third-order valence-electron chi connectivity index (χ3n) is 4.26. The molecule has 0 aliphatic carbocycles. The summed E-state index contributed by atoms with van der Waals surface area (Å²) in [4.78, 5) is 0.158. The summed E-state index contributed by atoms with van der Waals surface area (Å²) < 4.78 is 51.9. The maximum absolute atomic E-state index is 12.7. The Kier molecular flexibility index (Phi) is 6.46. The first-order valence-electron chi connectivity index (χ1n) is 7.26. The lowest BCUT2D eigenvalue weighted by atomic mass is 9.90. The summed E-state index contributed by atoms with van der Waals surface area (Å²) in [5.41, 5.74) is 5.51. The molecule has 1 fully saturated rings. The third kappa shape index (κ3) is 3.92. The Labute approximate surface area is 150 Å². The van der Waals surface area contributed by atoms with Crippen LogP contribution in [0.25, 0.3) is 0 Å². The van der Waals surface area contributed by atoms with Gasteiger partial charge in [-0.25, -0.2) is 21.1 Å². The molecule has 1 unspecified atom stereocenters. The van der Waals surface area contributed by atoms with E-state index >= 15 is 0 Å². The molecule has 0 amide bonds. The van der Waals surface area contributed by atoms with Gasteiger partial charge in [0.2, 0.25) is 20.0 Å². The first kappa shape index (κ1) is 21.3. The van der Waals surface area contributed by atoms with Crippen molar-refractivity contribution in [3.05, 3.63) is 24.3 Å². The second-order valence-electron chi connectivity index (χ2n) is 6.36. The number of hydrogen-bond donors (Lipinski definition) is 1. The minimum absolute atomic E-state index is 0. The molecule has 0 spiro atoms. The molecule has 7 nitrogen and oxygen atoms in total. The van der Waals surface area contributed by atoms with Crippen LogP contribution >= 0.6 is 12.4 Å². The van der Waals surface area contributed by atoms with Crippen LogP contribution < -0.4 is 5.73 Å². The average molecular weight is 398 g/mol. The molecule has 2 N–H and O–H groups in total. The van der Waals surface area contributed by atoms with Crippen LogP contribution in [0.4, 0.5) is 0 Å². The minimum Gasteiger partial charge on any atom is -0.330 e. The van der Waals surface area contributed by atoms with Crippen LogP contribution in [0.2, 0.25) is 0 Å². The van der Waals surface area contributed by atoms with Gasteiger partial charge in [-0.15, -0.1) is 12.4 Å². The molecule has 0 bridgehead atoms. The van der Waals surface area contributed by atoms with Crippen LogP contribution in [0, 0.1) is 5.41 Å². The molecule has 2 rings (SSSR count). The van der Waals surface area contributed by atoms with Crippen molar-refractivity contribution in [3.8, 4) is 0 Å². The second-order valence-corrected chi connectivity index (χ2v) is 10.5. The number of nitrogens with zero attached hydrogens (tertiary/aromatic N) is 2. The number of nitrogens with two attached hydrogens (primary N) is 1. The van der Waals surface area contributed by atoms with E-state index in [1.54, 1.807) is 0 Å². The molecule has 1 aromatic rings. The molecule has 10 heteroatoms. The second kappa shape index (κ2) is 7.27. The molecule has 0 saturated carbocycles. The fraction of sp³-hybridized carbons (Fsp3) is 0.571. The highest BCUT2D eigenvalue weighted by atomic mass is 35.5. The van der Waals surface area contributed by atoms with Crippen molar-refractivity contribution in [1.82, 2.24) is 8.61 Å². The highest BCUT2D eigenvalue weighted by Gasteiger charge is 2.39. The van der Waals surface area contributed by atoms with Gasteiger partial charge in [-0.3, -0.25) is 0 Å². The number of sulfonamides is 2. The van der Waals surface area contributed by atoms with Crippen molar-refractivity contribution in [2.45, 2.75) is 23.1 Å². The SMILES string of the molecule is CN(C)S(=O)(=O)c1ccc(S(=O)(=O)N2CCC(C)(CN)C2)cc1.Cl. The first-order valence-corrected chi connectivity index (χ1v) is 10.1. The summed E-state index contributed by atoms with van der Waals surface area (Å²) in [6.07, 6.45) is 0.718. The van der Waals surface area contributed by atoms with E-state index < -0.39 is 20.0 Å². The van der Waals surface area contributed by atoms with E-state index in [0.717, 1.165) is 10.7 Å². The molecule has 1 saturated heterocycles. The molecule has 1 aliphatic heterocycles. The zero-order chi connectivity index (χ0) is 17.5. The van der Waals surface area contributed by atoms with E-state index in [-0.39, 0.29) is 27.6 Å². The van der Waals surface area contributed by atoms with Crippen molar-refractivity contribution < 1.29 is 16.8 Å². The van der Waals surface area contributed by atoms with E-state index in [9.17, 15) is 16.8 Å². The predicted octanol–water partition coefficient (Wildman–Crippen LogP) is 0.718. The Hall–Kier alpha value is -0.710. The van der Waals surface area contributed by atoms with E-state index in [2.05, 4.69) is 0 Å². The molecule has 138 valence electrons. The Morgan fingerprint density at radius 1 is 1.12 bits per heavy atom. The standard InChI is InChI=1S/C14H23N3O4S2.ClH/c1-14(10-15)8-9-17(11-14)23(20,21)13-6-4-12(5-7-13)22(18,19)16(2)3;/h4-7H,8-11,15H2,1-3H3;1H. The largest absolute Gasteiger partial charge is 0.330 e. The number of benzene rings is 1. The smallest absolute Gasteiger partial charge is 0.243 e. The van der Waals surface area contributed by atoms with Crippen molar-refractivity contribution in [3.63, 3.8) is 0 Å². The molecule has 1 atom stereocenters. The Morgan fingerprint density at radius 2 is 1.62 bits per heavy atom. The van der Waals surface area contributed by atoms with Crippen LogP contribution in [0.1, 0.15) is 13.3 Å². The van der Waals surface area contributed by atoms with Crippen molar-refractivity contribution in [2.75, 3.05) is 33.7 Å². The van der Waals surface area contributed by atoms with Gasteiger partial charge in [0.25, 0.3) is 0 Å². The highest BCUT2D eigenvalue weighted by Crippen LogP contribution is 2.32. The summed E-state index contributed by atoms with van der Waals surface area (Å²) in [6.45, 7) is 3.20. The van der Waals surface area contributed by atoms with Crippen molar-refractivity contribution >= 4 is 32.5 Å². The fourth-order valence-corrected chi connectivity index (χ4v) is 4.99.